The van der Waals surface area contributed by atoms with Gasteiger partial charge in [-0.25, -0.2) is 4.98 Å². The van der Waals surface area contributed by atoms with Crippen LogP contribution < -0.4 is 5.56 Å². The fraction of sp³-hybridized carbons (Fsp3) is 0. The van der Waals surface area contributed by atoms with Crippen molar-refractivity contribution < 1.29 is 0 Å². The Kier molecular flexibility index (Phi) is 2.19. The van der Waals surface area contributed by atoms with Gasteiger partial charge in [-0.3, -0.25) is 9.78 Å². The lowest BCUT2D eigenvalue weighted by molar-refractivity contribution is 1.14. The number of hydrogen-bond acceptors (Lipinski definition) is 3. The molecule has 0 unspecified atom stereocenters. The molecule has 0 aliphatic rings. The summed E-state index contributed by atoms with van der Waals surface area (Å²) in [4.78, 5) is 22.0. The number of benzene rings is 1. The number of H-pyrrole nitrogens is 1. The van der Waals surface area contributed by atoms with Crippen LogP contribution in [-0.2, 0) is 0 Å². The van der Waals surface area contributed by atoms with E-state index in [0.717, 1.165) is 22.2 Å². The standard InChI is InChI=1S/C13H9N3O/c17-13-8-15-12(7-16-13)10-3-1-5-11-9(10)4-2-6-14-11/h1-8H,(H,16,17). The number of hydrogen-bond donors (Lipinski definition) is 1. The van der Waals surface area contributed by atoms with Crippen molar-refractivity contribution in [3.8, 4) is 11.3 Å². The Morgan fingerprint density at radius 2 is 2.00 bits per heavy atom. The largest absolute Gasteiger partial charge is 0.326 e. The predicted octanol–water partition coefficient (Wildman–Crippen LogP) is 1.99. The van der Waals surface area contributed by atoms with Gasteiger partial charge >= 0.3 is 0 Å². The molecule has 0 saturated carbocycles. The Morgan fingerprint density at radius 3 is 2.82 bits per heavy atom. The summed E-state index contributed by atoms with van der Waals surface area (Å²) in [6, 6.07) is 9.72. The van der Waals surface area contributed by atoms with Crippen molar-refractivity contribution in [1.82, 2.24) is 15.0 Å². The third-order valence-corrected chi connectivity index (χ3v) is 2.59. The molecule has 1 N–H and O–H groups in total. The molecule has 1 aromatic carbocycles. The zero-order chi connectivity index (χ0) is 11.7. The smallest absolute Gasteiger partial charge is 0.266 e. The molecule has 0 radical (unpaired) electrons. The Morgan fingerprint density at radius 1 is 1.06 bits per heavy atom. The van der Waals surface area contributed by atoms with Crippen LogP contribution in [0.4, 0.5) is 0 Å². The summed E-state index contributed by atoms with van der Waals surface area (Å²) in [5.41, 5.74) is 2.42. The van der Waals surface area contributed by atoms with Gasteiger partial charge in [-0.1, -0.05) is 18.2 Å². The summed E-state index contributed by atoms with van der Waals surface area (Å²) in [6.07, 6.45) is 4.65. The first kappa shape index (κ1) is 9.72. The van der Waals surface area contributed by atoms with E-state index in [1.807, 2.05) is 30.3 Å². The van der Waals surface area contributed by atoms with Crippen molar-refractivity contribution in [1.29, 1.82) is 0 Å². The molecule has 4 nitrogen and oxygen atoms in total. The molecule has 3 rings (SSSR count). The first-order valence-electron chi connectivity index (χ1n) is 5.23. The molecule has 0 aliphatic carbocycles. The fourth-order valence-corrected chi connectivity index (χ4v) is 1.82. The highest BCUT2D eigenvalue weighted by Crippen LogP contribution is 2.24. The molecule has 0 aliphatic heterocycles. The van der Waals surface area contributed by atoms with Crippen molar-refractivity contribution in [2.45, 2.75) is 0 Å². The number of aromatic amines is 1. The van der Waals surface area contributed by atoms with E-state index < -0.39 is 0 Å². The van der Waals surface area contributed by atoms with Crippen LogP contribution in [0.3, 0.4) is 0 Å². The zero-order valence-electron chi connectivity index (χ0n) is 8.92. The fourth-order valence-electron chi connectivity index (χ4n) is 1.82. The van der Waals surface area contributed by atoms with Gasteiger partial charge in [0.05, 0.1) is 17.4 Å². The minimum atomic E-state index is -0.202. The number of rotatable bonds is 1. The molecule has 0 amide bonds. The summed E-state index contributed by atoms with van der Waals surface area (Å²) < 4.78 is 0. The van der Waals surface area contributed by atoms with Crippen molar-refractivity contribution in [2.75, 3.05) is 0 Å². The minimum absolute atomic E-state index is 0.202. The van der Waals surface area contributed by atoms with Gasteiger partial charge in [-0.05, 0) is 12.1 Å². The van der Waals surface area contributed by atoms with Crippen molar-refractivity contribution in [3.05, 3.63) is 59.3 Å². The molecule has 82 valence electrons. The minimum Gasteiger partial charge on any atom is -0.326 e. The third-order valence-electron chi connectivity index (χ3n) is 2.59. The average Bonchev–Trinajstić information content (AvgIpc) is 2.39. The molecular formula is C13H9N3O. The molecule has 2 heterocycles. The number of fused-ring (bicyclic) bond motifs is 1. The first-order valence-corrected chi connectivity index (χ1v) is 5.23. The third kappa shape index (κ3) is 1.69. The van der Waals surface area contributed by atoms with Gasteiger partial charge in [0.2, 0.25) is 0 Å². The van der Waals surface area contributed by atoms with E-state index in [0.29, 0.717) is 0 Å². The Hall–Kier alpha value is -2.49. The first-order chi connectivity index (χ1) is 8.34. The van der Waals surface area contributed by atoms with Crippen molar-refractivity contribution in [3.63, 3.8) is 0 Å². The highest BCUT2D eigenvalue weighted by Gasteiger charge is 2.04. The van der Waals surface area contributed by atoms with Crippen LogP contribution in [-0.4, -0.2) is 15.0 Å². The van der Waals surface area contributed by atoms with Crippen LogP contribution in [0.5, 0.6) is 0 Å². The van der Waals surface area contributed by atoms with Crippen molar-refractivity contribution >= 4 is 10.9 Å². The van der Waals surface area contributed by atoms with Crippen molar-refractivity contribution in [2.24, 2.45) is 0 Å². The molecular weight excluding hydrogens is 214 g/mol. The van der Waals surface area contributed by atoms with Crippen LogP contribution in [0, 0.1) is 0 Å². The van der Waals surface area contributed by atoms with Crippen LogP contribution in [0.25, 0.3) is 22.2 Å². The van der Waals surface area contributed by atoms with E-state index >= 15 is 0 Å². The van der Waals surface area contributed by atoms with Gasteiger partial charge in [0.25, 0.3) is 5.56 Å². The van der Waals surface area contributed by atoms with E-state index in [9.17, 15) is 4.79 Å². The van der Waals surface area contributed by atoms with Gasteiger partial charge < -0.3 is 4.98 Å². The topological polar surface area (TPSA) is 58.6 Å². The summed E-state index contributed by atoms with van der Waals surface area (Å²) >= 11 is 0. The Labute approximate surface area is 97.0 Å². The second-order valence-corrected chi connectivity index (χ2v) is 3.67. The number of nitrogens with one attached hydrogen (secondary N) is 1. The summed E-state index contributed by atoms with van der Waals surface area (Å²) in [6.45, 7) is 0. The number of pyridine rings is 1. The van der Waals surface area contributed by atoms with E-state index in [1.54, 1.807) is 12.4 Å². The number of aromatic nitrogens is 3. The number of nitrogens with zero attached hydrogens (tertiary/aromatic N) is 2. The molecule has 17 heavy (non-hydrogen) atoms. The molecule has 4 heteroatoms. The molecule has 0 fully saturated rings. The van der Waals surface area contributed by atoms with E-state index in [2.05, 4.69) is 15.0 Å². The molecule has 0 spiro atoms. The maximum absolute atomic E-state index is 11.0. The molecule has 0 saturated heterocycles. The summed E-state index contributed by atoms with van der Waals surface area (Å²) in [5, 5.41) is 1.02. The second-order valence-electron chi connectivity index (χ2n) is 3.67. The van der Waals surface area contributed by atoms with Gasteiger partial charge in [0, 0.05) is 23.3 Å². The molecule has 0 bridgehead atoms. The molecule has 2 aromatic heterocycles. The van der Waals surface area contributed by atoms with Gasteiger partial charge in [0.15, 0.2) is 0 Å². The normalized spacial score (nSPS) is 10.6. The summed E-state index contributed by atoms with van der Waals surface area (Å²) in [7, 11) is 0. The highest BCUT2D eigenvalue weighted by molar-refractivity contribution is 5.93. The molecule has 3 aromatic rings. The van der Waals surface area contributed by atoms with E-state index in [1.165, 1.54) is 6.20 Å². The van der Waals surface area contributed by atoms with Crippen LogP contribution in [0.15, 0.2) is 53.7 Å². The zero-order valence-corrected chi connectivity index (χ0v) is 8.92. The highest BCUT2D eigenvalue weighted by atomic mass is 16.1. The lowest BCUT2D eigenvalue weighted by Crippen LogP contribution is -2.04. The average molecular weight is 223 g/mol. The van der Waals surface area contributed by atoms with Gasteiger partial charge in [0.1, 0.15) is 0 Å². The second kappa shape index (κ2) is 3.83. The van der Waals surface area contributed by atoms with E-state index in [-0.39, 0.29) is 5.56 Å². The lowest BCUT2D eigenvalue weighted by atomic mass is 10.1. The van der Waals surface area contributed by atoms with Gasteiger partial charge in [-0.2, -0.15) is 0 Å². The lowest BCUT2D eigenvalue weighted by Gasteiger charge is -2.04. The van der Waals surface area contributed by atoms with Crippen LogP contribution in [0.1, 0.15) is 0 Å². The predicted molar refractivity (Wildman–Crippen MR) is 65.6 cm³/mol. The Balaban J connectivity index is 2.30. The Bertz CT molecular complexity index is 708. The monoisotopic (exact) mass is 223 g/mol. The van der Waals surface area contributed by atoms with E-state index in [4.69, 9.17) is 0 Å². The SMILES string of the molecule is O=c1cnc(-c2cccc3ncccc23)c[nH]1. The summed E-state index contributed by atoms with van der Waals surface area (Å²) in [5.74, 6) is 0. The quantitative estimate of drug-likeness (QED) is 0.686. The van der Waals surface area contributed by atoms with Gasteiger partial charge in [-0.15, -0.1) is 0 Å². The maximum Gasteiger partial charge on any atom is 0.266 e. The maximum atomic E-state index is 11.0. The van der Waals surface area contributed by atoms with Crippen LogP contribution in [0.2, 0.25) is 0 Å². The molecule has 0 atom stereocenters. The van der Waals surface area contributed by atoms with Crippen LogP contribution >= 0.6 is 0 Å².